The van der Waals surface area contributed by atoms with Gasteiger partial charge in [-0.25, -0.2) is 9.37 Å². The Morgan fingerprint density at radius 3 is 2.62 bits per heavy atom. The molecule has 1 aromatic heterocycles. The minimum absolute atomic E-state index is 0.0135. The number of thiazole rings is 1. The van der Waals surface area contributed by atoms with Gasteiger partial charge in [-0.2, -0.15) is 0 Å². The second-order valence-corrected chi connectivity index (χ2v) is 10.1. The Morgan fingerprint density at radius 1 is 1.18 bits per heavy atom. The van der Waals surface area contributed by atoms with Crippen LogP contribution in [0, 0.1) is 12.7 Å². The van der Waals surface area contributed by atoms with Gasteiger partial charge in [0, 0.05) is 42.8 Å². The summed E-state index contributed by atoms with van der Waals surface area (Å²) in [6.45, 7) is 6.77. The van der Waals surface area contributed by atoms with E-state index in [1.165, 1.54) is 17.8 Å². The molecule has 5 nitrogen and oxygen atoms in total. The standard InChI is InChI=1S/C27H33FN4OS/c1-19(26-18-34-20(2)31-26)30-24-11-14-32(15-12-24)25-8-6-22(7-9-25)17-27(33)29-13-10-21-4-3-5-23(28)16-21/h3-9,16,18-19,24,30H,10-15,17H2,1-2H3,(H,29,33). The number of rotatable bonds is 9. The van der Waals surface area contributed by atoms with E-state index < -0.39 is 0 Å². The van der Waals surface area contributed by atoms with Gasteiger partial charge in [0.25, 0.3) is 0 Å². The molecule has 0 aliphatic carbocycles. The predicted molar refractivity (Wildman–Crippen MR) is 137 cm³/mol. The van der Waals surface area contributed by atoms with Crippen LogP contribution in [-0.2, 0) is 17.6 Å². The summed E-state index contributed by atoms with van der Waals surface area (Å²) >= 11 is 1.70. The largest absolute Gasteiger partial charge is 0.371 e. The van der Waals surface area contributed by atoms with E-state index in [9.17, 15) is 9.18 Å². The van der Waals surface area contributed by atoms with Gasteiger partial charge in [-0.05, 0) is 68.5 Å². The summed E-state index contributed by atoms with van der Waals surface area (Å²) < 4.78 is 13.2. The minimum Gasteiger partial charge on any atom is -0.371 e. The summed E-state index contributed by atoms with van der Waals surface area (Å²) in [6.07, 6.45) is 3.17. The van der Waals surface area contributed by atoms with Crippen LogP contribution in [0.25, 0.3) is 0 Å². The van der Waals surface area contributed by atoms with Crippen LogP contribution in [0.1, 0.15) is 47.6 Å². The number of piperidine rings is 1. The summed E-state index contributed by atoms with van der Waals surface area (Å²) in [5, 5.41) is 9.92. The zero-order chi connectivity index (χ0) is 23.9. The SMILES string of the molecule is Cc1nc(C(C)NC2CCN(c3ccc(CC(=O)NCCc4cccc(F)c4)cc3)CC2)cs1. The van der Waals surface area contributed by atoms with Crippen molar-refractivity contribution in [1.29, 1.82) is 0 Å². The Hall–Kier alpha value is -2.77. The highest BCUT2D eigenvalue weighted by Crippen LogP contribution is 2.23. The highest BCUT2D eigenvalue weighted by Gasteiger charge is 2.22. The van der Waals surface area contributed by atoms with Gasteiger partial charge in [-0.3, -0.25) is 4.79 Å². The fourth-order valence-corrected chi connectivity index (χ4v) is 5.14. The second-order valence-electron chi connectivity index (χ2n) is 9.01. The summed E-state index contributed by atoms with van der Waals surface area (Å²) in [6, 6.07) is 15.6. The minimum atomic E-state index is -0.246. The number of hydrogen-bond acceptors (Lipinski definition) is 5. The van der Waals surface area contributed by atoms with Crippen LogP contribution in [0.15, 0.2) is 53.9 Å². The number of halogens is 1. The first-order chi connectivity index (χ1) is 16.5. The first-order valence-electron chi connectivity index (χ1n) is 12.0. The molecule has 180 valence electrons. The molecule has 3 aromatic rings. The highest BCUT2D eigenvalue weighted by molar-refractivity contribution is 7.09. The normalized spacial score (nSPS) is 15.3. The van der Waals surface area contributed by atoms with Crippen LogP contribution in [-0.4, -0.2) is 36.6 Å². The number of amides is 1. The number of carbonyl (C=O) groups is 1. The number of benzene rings is 2. The Labute approximate surface area is 205 Å². The van der Waals surface area contributed by atoms with Crippen LogP contribution in [0.4, 0.5) is 10.1 Å². The highest BCUT2D eigenvalue weighted by atomic mass is 32.1. The van der Waals surface area contributed by atoms with Crippen molar-refractivity contribution >= 4 is 22.9 Å². The molecule has 2 N–H and O–H groups in total. The molecule has 1 amide bonds. The summed E-state index contributed by atoms with van der Waals surface area (Å²) in [5.74, 6) is -0.259. The van der Waals surface area contributed by atoms with Gasteiger partial charge in [0.05, 0.1) is 17.1 Å². The van der Waals surface area contributed by atoms with Crippen LogP contribution in [0.5, 0.6) is 0 Å². The van der Waals surface area contributed by atoms with Gasteiger partial charge in [-0.1, -0.05) is 24.3 Å². The van der Waals surface area contributed by atoms with E-state index in [2.05, 4.69) is 45.0 Å². The van der Waals surface area contributed by atoms with E-state index in [-0.39, 0.29) is 17.8 Å². The van der Waals surface area contributed by atoms with E-state index in [0.717, 1.165) is 47.8 Å². The third kappa shape index (κ3) is 6.87. The maximum Gasteiger partial charge on any atom is 0.224 e. The number of carbonyl (C=O) groups excluding carboxylic acids is 1. The number of aryl methyl sites for hydroxylation is 1. The second kappa shape index (κ2) is 11.6. The molecule has 34 heavy (non-hydrogen) atoms. The van der Waals surface area contributed by atoms with E-state index in [1.54, 1.807) is 17.4 Å². The molecule has 2 aromatic carbocycles. The number of nitrogens with one attached hydrogen (secondary N) is 2. The van der Waals surface area contributed by atoms with Crippen LogP contribution in [0.3, 0.4) is 0 Å². The monoisotopic (exact) mass is 480 g/mol. The summed E-state index contributed by atoms with van der Waals surface area (Å²) in [7, 11) is 0. The van der Waals surface area contributed by atoms with Crippen LogP contribution >= 0.6 is 11.3 Å². The molecular formula is C27H33FN4OS. The molecule has 1 atom stereocenters. The number of anilines is 1. The maximum absolute atomic E-state index is 13.2. The van der Waals surface area contributed by atoms with Gasteiger partial charge in [0.1, 0.15) is 5.82 Å². The van der Waals surface area contributed by atoms with Crippen molar-refractivity contribution in [3.8, 4) is 0 Å². The lowest BCUT2D eigenvalue weighted by molar-refractivity contribution is -0.120. The van der Waals surface area contributed by atoms with Crippen molar-refractivity contribution in [3.05, 3.63) is 81.6 Å². The molecule has 4 rings (SSSR count). The third-order valence-corrected chi connectivity index (χ3v) is 7.14. The van der Waals surface area contributed by atoms with Crippen LogP contribution in [0.2, 0.25) is 0 Å². The molecule has 1 fully saturated rings. The molecule has 0 spiro atoms. The lowest BCUT2D eigenvalue weighted by Gasteiger charge is -2.35. The lowest BCUT2D eigenvalue weighted by Crippen LogP contribution is -2.43. The number of nitrogens with zero attached hydrogens (tertiary/aromatic N) is 2. The molecular weight excluding hydrogens is 447 g/mol. The Kier molecular flexibility index (Phi) is 8.29. The van der Waals surface area contributed by atoms with E-state index in [0.29, 0.717) is 25.4 Å². The summed E-state index contributed by atoms with van der Waals surface area (Å²) in [5.41, 5.74) is 4.22. The van der Waals surface area contributed by atoms with Gasteiger partial charge in [-0.15, -0.1) is 11.3 Å². The molecule has 1 unspecified atom stereocenters. The zero-order valence-corrected chi connectivity index (χ0v) is 20.7. The first-order valence-corrected chi connectivity index (χ1v) is 12.9. The molecule has 2 heterocycles. The van der Waals surface area contributed by atoms with Gasteiger partial charge < -0.3 is 15.5 Å². The van der Waals surface area contributed by atoms with Crippen molar-refractivity contribution in [2.45, 2.75) is 51.6 Å². The van der Waals surface area contributed by atoms with E-state index >= 15 is 0 Å². The average molecular weight is 481 g/mol. The Morgan fingerprint density at radius 2 is 1.94 bits per heavy atom. The Bertz CT molecular complexity index is 1080. The topological polar surface area (TPSA) is 57.3 Å². The van der Waals surface area contributed by atoms with E-state index in [4.69, 9.17) is 0 Å². The molecule has 0 saturated carbocycles. The molecule has 1 aliphatic rings. The van der Waals surface area contributed by atoms with Crippen molar-refractivity contribution < 1.29 is 9.18 Å². The summed E-state index contributed by atoms with van der Waals surface area (Å²) in [4.78, 5) is 19.3. The quantitative estimate of drug-likeness (QED) is 0.461. The molecule has 7 heteroatoms. The van der Waals surface area contributed by atoms with Crippen molar-refractivity contribution in [3.63, 3.8) is 0 Å². The predicted octanol–water partition coefficient (Wildman–Crippen LogP) is 4.81. The van der Waals surface area contributed by atoms with Gasteiger partial charge in [0.2, 0.25) is 5.91 Å². The van der Waals surface area contributed by atoms with Crippen molar-refractivity contribution in [2.75, 3.05) is 24.5 Å². The fraction of sp³-hybridized carbons (Fsp3) is 0.407. The third-order valence-electron chi connectivity index (χ3n) is 6.35. The van der Waals surface area contributed by atoms with Crippen molar-refractivity contribution in [2.24, 2.45) is 0 Å². The fourth-order valence-electron chi connectivity index (χ4n) is 4.43. The molecule has 1 aliphatic heterocycles. The molecule has 0 radical (unpaired) electrons. The smallest absolute Gasteiger partial charge is 0.224 e. The molecule has 0 bridgehead atoms. The number of hydrogen-bond donors (Lipinski definition) is 2. The van der Waals surface area contributed by atoms with Gasteiger partial charge in [0.15, 0.2) is 0 Å². The Balaban J connectivity index is 1.19. The van der Waals surface area contributed by atoms with Gasteiger partial charge >= 0.3 is 0 Å². The first kappa shape index (κ1) is 24.4. The van der Waals surface area contributed by atoms with Crippen molar-refractivity contribution in [1.82, 2.24) is 15.6 Å². The lowest BCUT2D eigenvalue weighted by atomic mass is 10.0. The maximum atomic E-state index is 13.2. The molecule has 1 saturated heterocycles. The average Bonchev–Trinajstić information content (AvgIpc) is 3.27. The van der Waals surface area contributed by atoms with E-state index in [1.807, 2.05) is 25.1 Å². The van der Waals surface area contributed by atoms with Crippen LogP contribution < -0.4 is 15.5 Å². The zero-order valence-electron chi connectivity index (χ0n) is 19.9. The number of aromatic nitrogens is 1.